The number of benzene rings is 3. The van der Waals surface area contributed by atoms with E-state index in [0.29, 0.717) is 29.7 Å². The van der Waals surface area contributed by atoms with Crippen molar-refractivity contribution in [1.82, 2.24) is 4.90 Å². The number of carbonyl (C=O) groups is 1. The number of fused-ring (bicyclic) bond motifs is 1. The molecule has 1 heterocycles. The Bertz CT molecular complexity index is 1270. The van der Waals surface area contributed by atoms with Crippen LogP contribution in [-0.4, -0.2) is 45.3 Å². The average Bonchev–Trinajstić information content (AvgIpc) is 3.46. The first-order valence-corrected chi connectivity index (χ1v) is 13.5. The van der Waals surface area contributed by atoms with E-state index in [-0.39, 0.29) is 11.9 Å². The first-order chi connectivity index (χ1) is 18.5. The van der Waals surface area contributed by atoms with Gasteiger partial charge in [-0.3, -0.25) is 4.79 Å². The fraction of sp³-hybridized carbons (Fsp3) is 0.387. The second kappa shape index (κ2) is 11.2. The summed E-state index contributed by atoms with van der Waals surface area (Å²) in [6.45, 7) is 0.921. The number of carbonyl (C=O) groups excluding carboxylic acids is 1. The SMILES string of the molecule is COc1ccc(OCC2c3cc(OC)c(OC)cc3CCN2C(=O)C2(c3ccc(Cl)cc3)CCCC2)cc1. The molecule has 38 heavy (non-hydrogen) atoms. The first-order valence-electron chi connectivity index (χ1n) is 13.1. The van der Waals surface area contributed by atoms with Gasteiger partial charge in [-0.05, 0) is 84.5 Å². The minimum absolute atomic E-state index is 0.154. The minimum Gasteiger partial charge on any atom is -0.497 e. The predicted molar refractivity (Wildman–Crippen MR) is 148 cm³/mol. The van der Waals surface area contributed by atoms with Crippen molar-refractivity contribution in [3.05, 3.63) is 82.4 Å². The van der Waals surface area contributed by atoms with Gasteiger partial charge in [0.2, 0.25) is 5.91 Å². The van der Waals surface area contributed by atoms with E-state index in [1.165, 1.54) is 0 Å². The zero-order chi connectivity index (χ0) is 26.7. The highest BCUT2D eigenvalue weighted by molar-refractivity contribution is 6.30. The molecule has 0 aromatic heterocycles. The van der Waals surface area contributed by atoms with Gasteiger partial charge in [-0.15, -0.1) is 0 Å². The molecule has 6 nitrogen and oxygen atoms in total. The van der Waals surface area contributed by atoms with Crippen molar-refractivity contribution >= 4 is 17.5 Å². The normalized spacial score (nSPS) is 18.0. The number of hydrogen-bond acceptors (Lipinski definition) is 5. The Morgan fingerprint density at radius 1 is 0.895 bits per heavy atom. The number of halogens is 1. The molecule has 1 unspecified atom stereocenters. The van der Waals surface area contributed by atoms with Gasteiger partial charge in [-0.25, -0.2) is 0 Å². The van der Waals surface area contributed by atoms with E-state index < -0.39 is 5.41 Å². The number of hydrogen-bond donors (Lipinski definition) is 0. The third-order valence-corrected chi connectivity index (χ3v) is 8.25. The standard InChI is InChI=1S/C31H34ClNO5/c1-35-24-10-12-25(13-11-24)38-20-27-26-19-29(37-3)28(36-2)18-21(26)14-17-33(27)30(34)31(15-4-5-16-31)22-6-8-23(32)9-7-22/h6-13,18-19,27H,4-5,14-17,20H2,1-3H3. The van der Waals surface area contributed by atoms with Gasteiger partial charge >= 0.3 is 0 Å². The van der Waals surface area contributed by atoms with Crippen LogP contribution in [0.3, 0.4) is 0 Å². The molecule has 1 aliphatic heterocycles. The molecule has 200 valence electrons. The number of amides is 1. The van der Waals surface area contributed by atoms with Crippen molar-refractivity contribution in [2.75, 3.05) is 34.5 Å². The van der Waals surface area contributed by atoms with Crippen LogP contribution < -0.4 is 18.9 Å². The van der Waals surface area contributed by atoms with E-state index >= 15 is 0 Å². The summed E-state index contributed by atoms with van der Waals surface area (Å²) < 4.78 is 22.8. The number of methoxy groups -OCH3 is 3. The fourth-order valence-electron chi connectivity index (χ4n) is 5.95. The van der Waals surface area contributed by atoms with Crippen LogP contribution in [0.2, 0.25) is 5.02 Å². The third kappa shape index (κ3) is 4.90. The maximum absolute atomic E-state index is 14.6. The Morgan fingerprint density at radius 3 is 2.16 bits per heavy atom. The second-order valence-corrected chi connectivity index (χ2v) is 10.4. The highest BCUT2D eigenvalue weighted by Gasteiger charge is 2.47. The lowest BCUT2D eigenvalue weighted by molar-refractivity contribution is -0.141. The zero-order valence-corrected chi connectivity index (χ0v) is 22.9. The highest BCUT2D eigenvalue weighted by atomic mass is 35.5. The summed E-state index contributed by atoms with van der Waals surface area (Å²) in [5.41, 5.74) is 2.65. The summed E-state index contributed by atoms with van der Waals surface area (Å²) in [5.74, 6) is 2.97. The van der Waals surface area contributed by atoms with Crippen LogP contribution in [0.4, 0.5) is 0 Å². The summed E-state index contributed by atoms with van der Waals surface area (Å²) in [4.78, 5) is 16.6. The molecule has 1 saturated carbocycles. The van der Waals surface area contributed by atoms with Gasteiger partial charge in [0.1, 0.15) is 18.1 Å². The van der Waals surface area contributed by atoms with Gasteiger partial charge in [-0.1, -0.05) is 36.6 Å². The number of rotatable bonds is 8. The van der Waals surface area contributed by atoms with E-state index in [9.17, 15) is 4.79 Å². The Hall–Kier alpha value is -3.38. The topological polar surface area (TPSA) is 57.2 Å². The van der Waals surface area contributed by atoms with Gasteiger partial charge < -0.3 is 23.8 Å². The lowest BCUT2D eigenvalue weighted by atomic mass is 9.76. The Kier molecular flexibility index (Phi) is 7.70. The predicted octanol–water partition coefficient (Wildman–Crippen LogP) is 6.38. The smallest absolute Gasteiger partial charge is 0.233 e. The van der Waals surface area contributed by atoms with Gasteiger partial charge in [0, 0.05) is 11.6 Å². The maximum Gasteiger partial charge on any atom is 0.233 e. The molecular weight excluding hydrogens is 502 g/mol. The van der Waals surface area contributed by atoms with Crippen LogP contribution >= 0.6 is 11.6 Å². The van der Waals surface area contributed by atoms with Crippen molar-refractivity contribution in [2.24, 2.45) is 0 Å². The Balaban J connectivity index is 1.52. The summed E-state index contributed by atoms with van der Waals surface area (Å²) in [7, 11) is 4.91. The fourth-order valence-corrected chi connectivity index (χ4v) is 6.07. The molecular formula is C31H34ClNO5. The Labute approximate surface area is 229 Å². The highest BCUT2D eigenvalue weighted by Crippen LogP contribution is 2.46. The van der Waals surface area contributed by atoms with Crippen molar-refractivity contribution in [3.63, 3.8) is 0 Å². The number of ether oxygens (including phenoxy) is 4. The molecule has 3 aromatic rings. The van der Waals surface area contributed by atoms with Crippen LogP contribution in [0.15, 0.2) is 60.7 Å². The van der Waals surface area contributed by atoms with Gasteiger partial charge in [0.05, 0.1) is 32.8 Å². The van der Waals surface area contributed by atoms with Crippen molar-refractivity contribution in [3.8, 4) is 23.0 Å². The summed E-state index contributed by atoms with van der Waals surface area (Å²) in [6, 6.07) is 19.1. The molecule has 0 N–H and O–H groups in total. The third-order valence-electron chi connectivity index (χ3n) is 7.99. The van der Waals surface area contributed by atoms with Crippen LogP contribution in [0.25, 0.3) is 0 Å². The van der Waals surface area contributed by atoms with Gasteiger partial charge in [0.15, 0.2) is 11.5 Å². The van der Waals surface area contributed by atoms with E-state index in [4.69, 9.17) is 30.5 Å². The minimum atomic E-state index is -0.559. The summed E-state index contributed by atoms with van der Waals surface area (Å²) in [6.07, 6.45) is 4.44. The van der Waals surface area contributed by atoms with E-state index in [1.807, 2.05) is 65.6 Å². The molecule has 0 saturated heterocycles. The monoisotopic (exact) mass is 535 g/mol. The quantitative estimate of drug-likeness (QED) is 0.335. The lowest BCUT2D eigenvalue weighted by Crippen LogP contribution is -2.50. The molecule has 1 atom stereocenters. The molecule has 3 aromatic carbocycles. The van der Waals surface area contributed by atoms with Crippen molar-refractivity contribution in [1.29, 1.82) is 0 Å². The molecule has 0 bridgehead atoms. The van der Waals surface area contributed by atoms with Crippen LogP contribution in [0, 0.1) is 0 Å². The molecule has 1 amide bonds. The van der Waals surface area contributed by atoms with Crippen LogP contribution in [0.5, 0.6) is 23.0 Å². The van der Waals surface area contributed by atoms with E-state index in [2.05, 4.69) is 0 Å². The average molecular weight is 536 g/mol. The Morgan fingerprint density at radius 2 is 1.53 bits per heavy atom. The molecule has 0 spiro atoms. The lowest BCUT2D eigenvalue weighted by Gasteiger charge is -2.42. The zero-order valence-electron chi connectivity index (χ0n) is 22.2. The van der Waals surface area contributed by atoms with Gasteiger partial charge in [0.25, 0.3) is 0 Å². The molecule has 7 heteroatoms. The van der Waals surface area contributed by atoms with Crippen molar-refractivity contribution < 1.29 is 23.7 Å². The maximum atomic E-state index is 14.6. The molecule has 1 fully saturated rings. The molecule has 2 aliphatic rings. The number of nitrogens with zero attached hydrogens (tertiary/aromatic N) is 1. The molecule has 0 radical (unpaired) electrons. The summed E-state index contributed by atoms with van der Waals surface area (Å²) in [5, 5.41) is 0.674. The summed E-state index contributed by atoms with van der Waals surface area (Å²) >= 11 is 6.20. The largest absolute Gasteiger partial charge is 0.497 e. The second-order valence-electron chi connectivity index (χ2n) is 9.95. The van der Waals surface area contributed by atoms with E-state index in [1.54, 1.807) is 21.3 Å². The molecule has 5 rings (SSSR count). The van der Waals surface area contributed by atoms with Crippen LogP contribution in [0.1, 0.15) is 48.4 Å². The van der Waals surface area contributed by atoms with Crippen LogP contribution in [-0.2, 0) is 16.6 Å². The van der Waals surface area contributed by atoms with Crippen molar-refractivity contribution in [2.45, 2.75) is 43.6 Å². The van der Waals surface area contributed by atoms with E-state index in [0.717, 1.165) is 60.3 Å². The first kappa shape index (κ1) is 26.2. The van der Waals surface area contributed by atoms with Gasteiger partial charge in [-0.2, -0.15) is 0 Å². The molecule has 1 aliphatic carbocycles.